The molecule has 1 atom stereocenters. The molecule has 0 bridgehead atoms. The number of hydrogen-bond donors (Lipinski definition) is 1. The minimum Gasteiger partial charge on any atom is -0.490 e. The molecule has 0 radical (unpaired) electrons. The maximum absolute atomic E-state index is 13.0. The first-order valence-corrected chi connectivity index (χ1v) is 9.33. The van der Waals surface area contributed by atoms with Crippen molar-refractivity contribution in [2.45, 2.75) is 45.6 Å². The van der Waals surface area contributed by atoms with Gasteiger partial charge in [0.15, 0.2) is 11.5 Å². The van der Waals surface area contributed by atoms with Gasteiger partial charge in [0.2, 0.25) is 5.91 Å². The van der Waals surface area contributed by atoms with Gasteiger partial charge >= 0.3 is 0 Å². The van der Waals surface area contributed by atoms with E-state index in [9.17, 15) is 4.79 Å². The number of aromatic amines is 1. The molecule has 0 spiro atoms. The topological polar surface area (TPSA) is 67.5 Å². The molecule has 138 valence electrons. The number of likely N-dealkylation sites (tertiary alicyclic amines) is 1. The van der Waals surface area contributed by atoms with Crippen LogP contribution >= 0.6 is 0 Å². The third kappa shape index (κ3) is 3.16. The van der Waals surface area contributed by atoms with Gasteiger partial charge in [0, 0.05) is 24.2 Å². The summed E-state index contributed by atoms with van der Waals surface area (Å²) in [5.41, 5.74) is 4.02. The first kappa shape index (κ1) is 16.9. The van der Waals surface area contributed by atoms with Crippen molar-refractivity contribution in [1.29, 1.82) is 0 Å². The highest BCUT2D eigenvalue weighted by Crippen LogP contribution is 2.38. The molecule has 26 heavy (non-hydrogen) atoms. The number of ether oxygens (including phenoxy) is 2. The number of aromatic nitrogens is 2. The average Bonchev–Trinajstić information content (AvgIpc) is 3.16. The lowest BCUT2D eigenvalue weighted by Gasteiger charge is -2.26. The predicted octanol–water partition coefficient (Wildman–Crippen LogP) is 3.09. The molecule has 1 amide bonds. The highest BCUT2D eigenvalue weighted by molar-refractivity contribution is 5.80. The third-order valence-electron chi connectivity index (χ3n) is 5.34. The van der Waals surface area contributed by atoms with E-state index in [0.29, 0.717) is 19.6 Å². The van der Waals surface area contributed by atoms with Crippen LogP contribution in [0.1, 0.15) is 47.8 Å². The van der Waals surface area contributed by atoms with Gasteiger partial charge in [-0.3, -0.25) is 9.89 Å². The molecule has 6 nitrogen and oxygen atoms in total. The molecule has 4 rings (SSSR count). The number of aryl methyl sites for hydroxylation is 2. The molecule has 6 heteroatoms. The van der Waals surface area contributed by atoms with Gasteiger partial charge < -0.3 is 14.4 Å². The van der Waals surface area contributed by atoms with Crippen LogP contribution < -0.4 is 9.47 Å². The molecule has 1 N–H and O–H groups in total. The van der Waals surface area contributed by atoms with Crippen LogP contribution in [-0.2, 0) is 11.2 Å². The number of fused-ring (bicyclic) bond motifs is 1. The van der Waals surface area contributed by atoms with Gasteiger partial charge in [-0.1, -0.05) is 6.07 Å². The monoisotopic (exact) mass is 355 g/mol. The van der Waals surface area contributed by atoms with Crippen molar-refractivity contribution in [2.75, 3.05) is 19.8 Å². The average molecular weight is 355 g/mol. The zero-order valence-electron chi connectivity index (χ0n) is 15.4. The summed E-state index contributed by atoms with van der Waals surface area (Å²) < 4.78 is 11.5. The molecule has 1 aromatic heterocycles. The van der Waals surface area contributed by atoms with E-state index in [1.165, 1.54) is 0 Å². The van der Waals surface area contributed by atoms with E-state index in [-0.39, 0.29) is 11.9 Å². The summed E-state index contributed by atoms with van der Waals surface area (Å²) in [4.78, 5) is 15.0. The van der Waals surface area contributed by atoms with Gasteiger partial charge in [0.1, 0.15) is 0 Å². The molecule has 0 aliphatic carbocycles. The Balaban J connectivity index is 1.55. The number of carbonyl (C=O) groups excluding carboxylic acids is 1. The largest absolute Gasteiger partial charge is 0.490 e. The Morgan fingerprint density at radius 2 is 2.04 bits per heavy atom. The van der Waals surface area contributed by atoms with Crippen LogP contribution in [0.2, 0.25) is 0 Å². The quantitative estimate of drug-likeness (QED) is 0.919. The van der Waals surface area contributed by atoms with Crippen LogP contribution in [-0.4, -0.2) is 40.8 Å². The first-order chi connectivity index (χ1) is 12.6. The van der Waals surface area contributed by atoms with Gasteiger partial charge in [-0.25, -0.2) is 0 Å². The van der Waals surface area contributed by atoms with Crippen molar-refractivity contribution >= 4 is 5.91 Å². The molecule has 2 aliphatic rings. The predicted molar refractivity (Wildman–Crippen MR) is 97.5 cm³/mol. The Morgan fingerprint density at radius 3 is 2.81 bits per heavy atom. The zero-order valence-corrected chi connectivity index (χ0v) is 15.4. The van der Waals surface area contributed by atoms with Crippen molar-refractivity contribution in [3.8, 4) is 11.5 Å². The molecule has 3 heterocycles. The van der Waals surface area contributed by atoms with E-state index in [0.717, 1.165) is 59.8 Å². The summed E-state index contributed by atoms with van der Waals surface area (Å²) >= 11 is 0. The number of rotatable bonds is 3. The number of H-pyrrole nitrogens is 1. The lowest BCUT2D eigenvalue weighted by molar-refractivity contribution is -0.131. The summed E-state index contributed by atoms with van der Waals surface area (Å²) in [5, 5.41) is 7.17. The van der Waals surface area contributed by atoms with E-state index >= 15 is 0 Å². The van der Waals surface area contributed by atoms with Crippen LogP contribution in [0.3, 0.4) is 0 Å². The van der Waals surface area contributed by atoms with Gasteiger partial charge in [-0.15, -0.1) is 0 Å². The lowest BCUT2D eigenvalue weighted by Crippen LogP contribution is -2.32. The fourth-order valence-electron chi connectivity index (χ4n) is 3.89. The number of nitrogens with one attached hydrogen (secondary N) is 1. The Kier molecular flexibility index (Phi) is 4.57. The number of hydrogen-bond acceptors (Lipinski definition) is 4. The summed E-state index contributed by atoms with van der Waals surface area (Å²) in [7, 11) is 0. The van der Waals surface area contributed by atoms with Crippen molar-refractivity contribution < 1.29 is 14.3 Å². The second-order valence-electron chi connectivity index (χ2n) is 7.09. The Bertz CT molecular complexity index is 795. The standard InChI is InChI=1S/C20H25N3O3/c1-13-16(14(2)22-21-13)12-20(24)23-8-3-5-17(23)15-6-7-18-19(11-15)26-10-4-9-25-18/h6-7,11,17H,3-5,8-10,12H2,1-2H3,(H,21,22)/t17-/m1/s1. The number of carbonyl (C=O) groups is 1. The van der Waals surface area contributed by atoms with Crippen molar-refractivity contribution in [3.05, 3.63) is 40.7 Å². The smallest absolute Gasteiger partial charge is 0.227 e. The molecule has 1 aromatic carbocycles. The third-order valence-corrected chi connectivity index (χ3v) is 5.34. The summed E-state index contributed by atoms with van der Waals surface area (Å²) in [6.45, 7) is 6.06. The highest BCUT2D eigenvalue weighted by atomic mass is 16.5. The minimum atomic E-state index is 0.104. The highest BCUT2D eigenvalue weighted by Gasteiger charge is 2.31. The molecular weight excluding hydrogens is 330 g/mol. The first-order valence-electron chi connectivity index (χ1n) is 9.33. The molecular formula is C20H25N3O3. The van der Waals surface area contributed by atoms with E-state index in [2.05, 4.69) is 16.3 Å². The fraction of sp³-hybridized carbons (Fsp3) is 0.500. The SMILES string of the molecule is Cc1n[nH]c(C)c1CC(=O)N1CCC[C@@H]1c1ccc2c(c1)OCCCO2. The van der Waals surface area contributed by atoms with Crippen LogP contribution in [0.25, 0.3) is 0 Å². The van der Waals surface area contributed by atoms with E-state index < -0.39 is 0 Å². The van der Waals surface area contributed by atoms with E-state index in [1.807, 2.05) is 30.9 Å². The van der Waals surface area contributed by atoms with Crippen LogP contribution in [0.5, 0.6) is 11.5 Å². The summed E-state index contributed by atoms with van der Waals surface area (Å²) in [6.07, 6.45) is 3.29. The lowest BCUT2D eigenvalue weighted by atomic mass is 10.0. The Labute approximate surface area is 153 Å². The second-order valence-corrected chi connectivity index (χ2v) is 7.09. The number of nitrogens with zero attached hydrogens (tertiary/aromatic N) is 2. The second kappa shape index (κ2) is 7.02. The van der Waals surface area contributed by atoms with Crippen molar-refractivity contribution in [2.24, 2.45) is 0 Å². The molecule has 1 saturated heterocycles. The fourth-order valence-corrected chi connectivity index (χ4v) is 3.89. The molecule has 1 fully saturated rings. The Morgan fingerprint density at radius 1 is 1.23 bits per heavy atom. The summed E-state index contributed by atoms with van der Waals surface area (Å²) in [5.74, 6) is 1.75. The van der Waals surface area contributed by atoms with Crippen LogP contribution in [0.4, 0.5) is 0 Å². The van der Waals surface area contributed by atoms with Gasteiger partial charge in [0.05, 0.1) is 31.4 Å². The van der Waals surface area contributed by atoms with Crippen molar-refractivity contribution in [3.63, 3.8) is 0 Å². The van der Waals surface area contributed by atoms with E-state index in [1.54, 1.807) is 0 Å². The maximum Gasteiger partial charge on any atom is 0.227 e. The summed E-state index contributed by atoms with van der Waals surface area (Å²) in [6, 6.07) is 6.19. The Hall–Kier alpha value is -2.50. The normalized spacial score (nSPS) is 19.5. The van der Waals surface area contributed by atoms with Gasteiger partial charge in [-0.2, -0.15) is 5.10 Å². The number of benzene rings is 1. The molecule has 0 unspecified atom stereocenters. The number of amides is 1. The van der Waals surface area contributed by atoms with Gasteiger partial charge in [0.25, 0.3) is 0 Å². The van der Waals surface area contributed by atoms with Crippen molar-refractivity contribution in [1.82, 2.24) is 15.1 Å². The van der Waals surface area contributed by atoms with E-state index in [4.69, 9.17) is 9.47 Å². The molecule has 0 saturated carbocycles. The minimum absolute atomic E-state index is 0.104. The molecule has 2 aliphatic heterocycles. The van der Waals surface area contributed by atoms with Gasteiger partial charge in [-0.05, 0) is 44.4 Å². The van der Waals surface area contributed by atoms with Crippen LogP contribution in [0, 0.1) is 13.8 Å². The zero-order chi connectivity index (χ0) is 18.1. The van der Waals surface area contributed by atoms with Crippen LogP contribution in [0.15, 0.2) is 18.2 Å². The molecule has 2 aromatic rings. The maximum atomic E-state index is 13.0.